The van der Waals surface area contributed by atoms with Crippen LogP contribution in [-0.4, -0.2) is 40.5 Å². The molecule has 6 rings (SSSR count). The summed E-state index contributed by atoms with van der Waals surface area (Å²) >= 11 is 1.61. The number of hydrogen-bond acceptors (Lipinski definition) is 8. The van der Waals surface area contributed by atoms with Gasteiger partial charge in [0.25, 0.3) is 11.8 Å². The van der Waals surface area contributed by atoms with Crippen molar-refractivity contribution in [2.45, 2.75) is 50.8 Å². The summed E-state index contributed by atoms with van der Waals surface area (Å²) in [5.74, 6) is -0.448. The van der Waals surface area contributed by atoms with Crippen LogP contribution in [0.25, 0.3) is 10.6 Å². The third-order valence-corrected chi connectivity index (χ3v) is 8.65. The monoisotopic (exact) mass is 514 g/mol. The van der Waals surface area contributed by atoms with E-state index in [1.807, 2.05) is 6.07 Å². The molecule has 4 N–H and O–H groups in total. The summed E-state index contributed by atoms with van der Waals surface area (Å²) in [6, 6.07) is 10.8. The molecular formula is C27H26N6O3S. The summed E-state index contributed by atoms with van der Waals surface area (Å²) in [5, 5.41) is 16.9. The van der Waals surface area contributed by atoms with Crippen LogP contribution in [-0.2, 0) is 13.0 Å². The fourth-order valence-electron chi connectivity index (χ4n) is 5.71. The zero-order valence-electron chi connectivity index (χ0n) is 20.1. The predicted molar refractivity (Wildman–Crippen MR) is 137 cm³/mol. The van der Waals surface area contributed by atoms with Gasteiger partial charge in [-0.05, 0) is 61.4 Å². The van der Waals surface area contributed by atoms with Crippen molar-refractivity contribution in [1.82, 2.24) is 20.6 Å². The Balaban J connectivity index is 1.07. The van der Waals surface area contributed by atoms with Gasteiger partial charge in [0.15, 0.2) is 0 Å². The van der Waals surface area contributed by atoms with E-state index in [0.29, 0.717) is 11.1 Å². The van der Waals surface area contributed by atoms with E-state index in [9.17, 15) is 14.9 Å². The number of nitrogens with one attached hydrogen (secondary N) is 2. The normalized spacial score (nSPS) is 23.8. The van der Waals surface area contributed by atoms with Crippen molar-refractivity contribution >= 4 is 23.2 Å². The van der Waals surface area contributed by atoms with E-state index in [2.05, 4.69) is 21.7 Å². The maximum absolute atomic E-state index is 13.1. The molecule has 2 fully saturated rings. The summed E-state index contributed by atoms with van der Waals surface area (Å²) in [6.45, 7) is 1.72. The number of rotatable bonds is 6. The van der Waals surface area contributed by atoms with E-state index in [-0.39, 0.29) is 34.9 Å². The minimum Gasteiger partial charge on any atom is -0.474 e. The molecule has 0 atom stereocenters. The zero-order chi connectivity index (χ0) is 25.6. The van der Waals surface area contributed by atoms with Crippen molar-refractivity contribution in [2.75, 3.05) is 6.54 Å². The Kier molecular flexibility index (Phi) is 5.89. The lowest BCUT2D eigenvalue weighted by Crippen LogP contribution is -2.58. The number of nitrogens with zero attached hydrogens (tertiary/aromatic N) is 3. The van der Waals surface area contributed by atoms with E-state index < -0.39 is 5.91 Å². The van der Waals surface area contributed by atoms with Gasteiger partial charge in [0.2, 0.25) is 5.88 Å². The molecular weight excluding hydrogens is 488 g/mol. The molecule has 10 heteroatoms. The quantitative estimate of drug-likeness (QED) is 0.459. The standard InChI is InChI=1S/C27H26N6O3S/c28-13-15-6-16(8-17(7-15)26-33-21-3-5-30-14-22(21)37-26)24(35)32-18-9-27(10-18)11-19(12-27)36-25-20(23(29)34)2-1-4-31-25/h1-2,4,6-8,18-19,30H,3,5,9-12,14H2,(H2,29,34)(H,32,35)/t18-,19-,27?. The largest absolute Gasteiger partial charge is 0.474 e. The van der Waals surface area contributed by atoms with Crippen LogP contribution in [0.15, 0.2) is 36.5 Å². The number of benzene rings is 1. The van der Waals surface area contributed by atoms with Crippen molar-refractivity contribution in [3.63, 3.8) is 0 Å². The van der Waals surface area contributed by atoms with Crippen LogP contribution in [0.5, 0.6) is 5.88 Å². The Bertz CT molecular complexity index is 1410. The van der Waals surface area contributed by atoms with Gasteiger partial charge in [-0.3, -0.25) is 9.59 Å². The molecule has 2 saturated carbocycles. The number of amides is 2. The Morgan fingerprint density at radius 3 is 2.84 bits per heavy atom. The van der Waals surface area contributed by atoms with Gasteiger partial charge >= 0.3 is 0 Å². The second kappa shape index (κ2) is 9.25. The highest BCUT2D eigenvalue weighted by molar-refractivity contribution is 7.15. The lowest BCUT2D eigenvalue weighted by Gasteiger charge is -2.57. The smallest absolute Gasteiger partial charge is 0.254 e. The molecule has 0 radical (unpaired) electrons. The van der Waals surface area contributed by atoms with Crippen molar-refractivity contribution in [1.29, 1.82) is 5.26 Å². The van der Waals surface area contributed by atoms with Crippen molar-refractivity contribution in [3.05, 3.63) is 63.8 Å². The third kappa shape index (κ3) is 4.56. The lowest BCUT2D eigenvalue weighted by atomic mass is 9.53. The summed E-state index contributed by atoms with van der Waals surface area (Å²) in [7, 11) is 0. The number of hydrogen-bond donors (Lipinski definition) is 3. The molecule has 0 bridgehead atoms. The SMILES string of the molecule is N#Cc1cc(C(=O)N[C@H]2CC3(C2)C[C@H](Oc2ncccc2C(N)=O)C3)cc(-c2nc3c(s2)CNCC3)c1. The number of nitriles is 1. The highest BCUT2D eigenvalue weighted by Crippen LogP contribution is 2.56. The minimum atomic E-state index is -0.557. The number of carbonyl (C=O) groups excluding carboxylic acids is 2. The Labute approximate surface area is 218 Å². The molecule has 2 aliphatic carbocycles. The molecule has 2 amide bonds. The number of thiazole rings is 1. The molecule has 2 aromatic heterocycles. The highest BCUT2D eigenvalue weighted by atomic mass is 32.1. The fourth-order valence-corrected chi connectivity index (χ4v) is 6.77. The number of nitrogens with two attached hydrogens (primary N) is 1. The summed E-state index contributed by atoms with van der Waals surface area (Å²) in [5.41, 5.74) is 8.68. The predicted octanol–water partition coefficient (Wildman–Crippen LogP) is 2.94. The van der Waals surface area contributed by atoms with Crippen LogP contribution in [0.1, 0.15) is 62.5 Å². The van der Waals surface area contributed by atoms with Gasteiger partial charge < -0.3 is 21.1 Å². The molecule has 1 spiro atoms. The molecule has 9 nitrogen and oxygen atoms in total. The number of aromatic nitrogens is 2. The number of fused-ring (bicyclic) bond motifs is 1. The maximum Gasteiger partial charge on any atom is 0.254 e. The first-order chi connectivity index (χ1) is 17.9. The van der Waals surface area contributed by atoms with Crippen molar-refractivity contribution < 1.29 is 14.3 Å². The van der Waals surface area contributed by atoms with Crippen LogP contribution in [0.4, 0.5) is 0 Å². The number of pyridine rings is 1. The van der Waals surface area contributed by atoms with Gasteiger partial charge in [-0.15, -0.1) is 11.3 Å². The van der Waals surface area contributed by atoms with Gasteiger partial charge in [-0.25, -0.2) is 9.97 Å². The van der Waals surface area contributed by atoms with E-state index in [1.165, 1.54) is 4.88 Å². The molecule has 188 valence electrons. The van der Waals surface area contributed by atoms with Gasteiger partial charge in [0, 0.05) is 47.8 Å². The van der Waals surface area contributed by atoms with E-state index >= 15 is 0 Å². The maximum atomic E-state index is 13.1. The first kappa shape index (κ1) is 23.6. The molecule has 3 aliphatic rings. The summed E-state index contributed by atoms with van der Waals surface area (Å²) < 4.78 is 5.93. The second-order valence-corrected chi connectivity index (χ2v) is 11.3. The first-order valence-electron chi connectivity index (χ1n) is 12.4. The van der Waals surface area contributed by atoms with E-state index in [4.69, 9.17) is 15.5 Å². The van der Waals surface area contributed by atoms with Gasteiger partial charge in [-0.1, -0.05) is 0 Å². The Morgan fingerprint density at radius 2 is 2.08 bits per heavy atom. The molecule has 0 unspecified atom stereocenters. The average molecular weight is 515 g/mol. The van der Waals surface area contributed by atoms with Crippen molar-refractivity contribution in [2.24, 2.45) is 11.1 Å². The molecule has 3 aromatic rings. The first-order valence-corrected chi connectivity index (χ1v) is 13.2. The van der Waals surface area contributed by atoms with Crippen LogP contribution < -0.4 is 21.1 Å². The Hall–Kier alpha value is -3.81. The lowest BCUT2D eigenvalue weighted by molar-refractivity contribution is -0.0848. The van der Waals surface area contributed by atoms with Gasteiger partial charge in [0.1, 0.15) is 16.7 Å². The van der Waals surface area contributed by atoms with Crippen LogP contribution in [0, 0.1) is 16.7 Å². The second-order valence-electron chi connectivity index (χ2n) is 10.2. The average Bonchev–Trinajstić information content (AvgIpc) is 3.30. The van der Waals surface area contributed by atoms with Crippen molar-refractivity contribution in [3.8, 4) is 22.5 Å². The Morgan fingerprint density at radius 1 is 1.24 bits per heavy atom. The molecule has 37 heavy (non-hydrogen) atoms. The fraction of sp³-hybridized carbons (Fsp3) is 0.370. The van der Waals surface area contributed by atoms with Crippen LogP contribution >= 0.6 is 11.3 Å². The summed E-state index contributed by atoms with van der Waals surface area (Å²) in [4.78, 5) is 34.8. The third-order valence-electron chi connectivity index (χ3n) is 7.50. The topological polar surface area (TPSA) is 143 Å². The summed E-state index contributed by atoms with van der Waals surface area (Å²) in [6.07, 6.45) is 5.91. The molecule has 1 aromatic carbocycles. The molecule has 3 heterocycles. The molecule has 0 saturated heterocycles. The minimum absolute atomic E-state index is 0.0150. The van der Waals surface area contributed by atoms with Crippen LogP contribution in [0.3, 0.4) is 0 Å². The number of carbonyl (C=O) groups is 2. The zero-order valence-corrected chi connectivity index (χ0v) is 20.9. The number of ether oxygens (including phenoxy) is 1. The van der Waals surface area contributed by atoms with E-state index in [0.717, 1.165) is 61.5 Å². The van der Waals surface area contributed by atoms with Gasteiger partial charge in [-0.2, -0.15) is 5.26 Å². The highest BCUT2D eigenvalue weighted by Gasteiger charge is 2.54. The molecule has 1 aliphatic heterocycles. The number of primary amides is 1. The van der Waals surface area contributed by atoms with E-state index in [1.54, 1.807) is 41.8 Å². The van der Waals surface area contributed by atoms with Crippen LogP contribution in [0.2, 0.25) is 0 Å². The van der Waals surface area contributed by atoms with Gasteiger partial charge in [0.05, 0.1) is 17.3 Å².